The number of ether oxygens (including phenoxy) is 1. The zero-order valence-electron chi connectivity index (χ0n) is 14.5. The molecule has 2 saturated heterocycles. The van der Waals surface area contributed by atoms with Crippen LogP contribution in [0.3, 0.4) is 0 Å². The van der Waals surface area contributed by atoms with Gasteiger partial charge in [0.1, 0.15) is 11.9 Å². The van der Waals surface area contributed by atoms with Crippen LogP contribution in [-0.4, -0.2) is 66.2 Å². The average molecular weight is 423 g/mol. The van der Waals surface area contributed by atoms with Gasteiger partial charge in [-0.3, -0.25) is 13.9 Å². The maximum absolute atomic E-state index is 14.5. The van der Waals surface area contributed by atoms with Crippen molar-refractivity contribution in [3.8, 4) is 0 Å². The third kappa shape index (κ3) is 4.54. The topological polar surface area (TPSA) is 79.0 Å². The quantitative estimate of drug-likeness (QED) is 0.741. The number of hydrogen-bond acceptors (Lipinski definition) is 5. The van der Waals surface area contributed by atoms with Crippen molar-refractivity contribution in [2.45, 2.75) is 12.3 Å². The molecule has 2 heterocycles. The molecule has 3 rings (SSSR count). The minimum Gasteiger partial charge on any atom is -0.442 e. The molecule has 0 aromatic heterocycles. The van der Waals surface area contributed by atoms with E-state index >= 15 is 0 Å². The van der Waals surface area contributed by atoms with E-state index in [9.17, 15) is 31.4 Å². The molecule has 154 valence electrons. The van der Waals surface area contributed by atoms with Gasteiger partial charge in [-0.1, -0.05) is 0 Å². The first-order valence-corrected chi connectivity index (χ1v) is 9.86. The predicted octanol–water partition coefficient (Wildman–Crippen LogP) is 1.40. The Bertz CT molecular complexity index is 795. The number of cyclic esters (lactones) is 1. The van der Waals surface area contributed by atoms with Crippen molar-refractivity contribution >= 4 is 34.2 Å². The van der Waals surface area contributed by atoms with Gasteiger partial charge in [-0.15, -0.1) is 0 Å². The summed E-state index contributed by atoms with van der Waals surface area (Å²) in [5.74, 6) is -1.80. The summed E-state index contributed by atoms with van der Waals surface area (Å²) in [6.07, 6.45) is -6.85. The van der Waals surface area contributed by atoms with Gasteiger partial charge in [0.15, 0.2) is 0 Å². The summed E-state index contributed by atoms with van der Waals surface area (Å²) in [6.45, 7) is 0.274. The van der Waals surface area contributed by atoms with Gasteiger partial charge in [-0.2, -0.15) is 13.2 Å². The predicted molar refractivity (Wildman–Crippen MR) is 93.2 cm³/mol. The van der Waals surface area contributed by atoms with E-state index in [-0.39, 0.29) is 12.2 Å². The first kappa shape index (κ1) is 20.4. The Kier molecular flexibility index (Phi) is 5.77. The minimum absolute atomic E-state index is 0.127. The fraction of sp³-hybridized carbons (Fsp3) is 0.500. The molecule has 7 nitrogen and oxygen atoms in total. The van der Waals surface area contributed by atoms with Crippen LogP contribution in [0.1, 0.15) is 0 Å². The van der Waals surface area contributed by atoms with E-state index in [0.29, 0.717) is 30.3 Å². The van der Waals surface area contributed by atoms with Crippen molar-refractivity contribution in [3.63, 3.8) is 0 Å². The molecule has 0 spiro atoms. The molecule has 1 atom stereocenters. The Morgan fingerprint density at radius 2 is 1.96 bits per heavy atom. The van der Waals surface area contributed by atoms with Crippen LogP contribution in [0.2, 0.25) is 0 Å². The van der Waals surface area contributed by atoms with Crippen molar-refractivity contribution in [2.24, 2.45) is 0 Å². The number of hydrogen-bond donors (Lipinski definition) is 1. The first-order chi connectivity index (χ1) is 13.1. The first-order valence-electron chi connectivity index (χ1n) is 8.38. The maximum Gasteiger partial charge on any atom is 0.471 e. The smallest absolute Gasteiger partial charge is 0.442 e. The second kappa shape index (κ2) is 7.94. The largest absolute Gasteiger partial charge is 0.471 e. The number of rotatable bonds is 4. The van der Waals surface area contributed by atoms with Crippen LogP contribution in [0.4, 0.5) is 33.7 Å². The Labute approximate surface area is 160 Å². The molecule has 2 amide bonds. The molecule has 0 unspecified atom stereocenters. The molecule has 1 N–H and O–H groups in total. The summed E-state index contributed by atoms with van der Waals surface area (Å²) in [5, 5.41) is 1.65. The minimum atomic E-state index is -5.03. The second-order valence-electron chi connectivity index (χ2n) is 6.29. The van der Waals surface area contributed by atoms with Crippen molar-refractivity contribution in [3.05, 3.63) is 24.0 Å². The molecule has 1 aromatic rings. The van der Waals surface area contributed by atoms with Crippen molar-refractivity contribution in [1.82, 2.24) is 5.32 Å². The highest BCUT2D eigenvalue weighted by atomic mass is 32.2. The highest BCUT2D eigenvalue weighted by Gasteiger charge is 2.40. The van der Waals surface area contributed by atoms with E-state index in [4.69, 9.17) is 4.74 Å². The fourth-order valence-corrected chi connectivity index (χ4v) is 4.00. The molecule has 28 heavy (non-hydrogen) atoms. The highest BCUT2D eigenvalue weighted by Crippen LogP contribution is 2.28. The Morgan fingerprint density at radius 1 is 1.29 bits per heavy atom. The van der Waals surface area contributed by atoms with Gasteiger partial charge in [0, 0.05) is 35.4 Å². The third-order valence-electron chi connectivity index (χ3n) is 4.38. The van der Waals surface area contributed by atoms with Crippen molar-refractivity contribution in [2.75, 3.05) is 47.5 Å². The summed E-state index contributed by atoms with van der Waals surface area (Å²) in [5.41, 5.74) is 0.512. The SMILES string of the molecule is O=C1O[C@@H](CNC(=O)C(F)(F)F)CN1c1ccc(N2CCS(=O)CC2)c(F)c1. The number of alkyl halides is 3. The van der Waals surface area contributed by atoms with Gasteiger partial charge < -0.3 is 15.0 Å². The van der Waals surface area contributed by atoms with E-state index in [2.05, 4.69) is 0 Å². The number of nitrogens with one attached hydrogen (secondary N) is 1. The number of carbonyl (C=O) groups is 2. The van der Waals surface area contributed by atoms with Crippen LogP contribution in [0, 0.1) is 5.82 Å². The van der Waals surface area contributed by atoms with Crippen LogP contribution < -0.4 is 15.1 Å². The number of benzene rings is 1. The lowest BCUT2D eigenvalue weighted by atomic mass is 10.2. The standard InChI is InChI=1S/C16H17F4N3O4S/c17-12-7-10(1-2-13(12)22-3-5-28(26)6-4-22)23-9-11(27-15(23)25)8-21-14(24)16(18,19)20/h1-2,7,11H,3-6,8-9H2,(H,21,24)/t11-/m0/s1. The normalized spacial score (nSPS) is 21.0. The van der Waals surface area contributed by atoms with Gasteiger partial charge in [0.05, 0.1) is 24.5 Å². The van der Waals surface area contributed by atoms with Crippen LogP contribution in [0.5, 0.6) is 0 Å². The number of amides is 2. The Morgan fingerprint density at radius 3 is 2.57 bits per heavy atom. The molecular formula is C16H17F4N3O4S. The molecule has 2 fully saturated rings. The summed E-state index contributed by atoms with van der Waals surface area (Å²) in [7, 11) is -0.901. The van der Waals surface area contributed by atoms with E-state index in [1.165, 1.54) is 12.1 Å². The maximum atomic E-state index is 14.5. The van der Waals surface area contributed by atoms with E-state index in [1.54, 1.807) is 10.2 Å². The van der Waals surface area contributed by atoms with Gasteiger partial charge in [0.25, 0.3) is 0 Å². The Balaban J connectivity index is 1.63. The molecule has 0 aliphatic carbocycles. The molecule has 0 radical (unpaired) electrons. The Hall–Kier alpha value is -2.37. The van der Waals surface area contributed by atoms with Crippen molar-refractivity contribution < 1.29 is 36.1 Å². The van der Waals surface area contributed by atoms with E-state index in [0.717, 1.165) is 11.0 Å². The molecular weight excluding hydrogens is 406 g/mol. The van der Waals surface area contributed by atoms with Gasteiger partial charge >= 0.3 is 18.2 Å². The average Bonchev–Trinajstić information content (AvgIpc) is 3.00. The lowest BCUT2D eigenvalue weighted by Gasteiger charge is -2.29. The third-order valence-corrected chi connectivity index (χ3v) is 5.66. The van der Waals surface area contributed by atoms with E-state index < -0.39 is 47.4 Å². The molecule has 2 aliphatic rings. The summed E-state index contributed by atoms with van der Waals surface area (Å²) >= 11 is 0. The molecule has 1 aromatic carbocycles. The molecule has 0 bridgehead atoms. The van der Waals surface area contributed by atoms with Crippen LogP contribution in [-0.2, 0) is 20.3 Å². The van der Waals surface area contributed by atoms with Crippen LogP contribution in [0.15, 0.2) is 18.2 Å². The number of nitrogens with zero attached hydrogens (tertiary/aromatic N) is 2. The number of anilines is 2. The van der Waals surface area contributed by atoms with E-state index in [1.807, 2.05) is 0 Å². The summed E-state index contributed by atoms with van der Waals surface area (Å²) in [4.78, 5) is 25.7. The van der Waals surface area contributed by atoms with Crippen molar-refractivity contribution in [1.29, 1.82) is 0 Å². The second-order valence-corrected chi connectivity index (χ2v) is 7.99. The van der Waals surface area contributed by atoms with Gasteiger partial charge in [0.2, 0.25) is 0 Å². The summed E-state index contributed by atoms with van der Waals surface area (Å²) < 4.78 is 67.5. The lowest BCUT2D eigenvalue weighted by Crippen LogP contribution is -2.41. The lowest BCUT2D eigenvalue weighted by molar-refractivity contribution is -0.173. The van der Waals surface area contributed by atoms with Gasteiger partial charge in [-0.05, 0) is 18.2 Å². The number of halogens is 4. The number of carbonyl (C=O) groups excluding carboxylic acids is 2. The van der Waals surface area contributed by atoms with Crippen LogP contribution >= 0.6 is 0 Å². The monoisotopic (exact) mass is 423 g/mol. The molecule has 2 aliphatic heterocycles. The fourth-order valence-electron chi connectivity index (χ4n) is 2.94. The summed E-state index contributed by atoms with van der Waals surface area (Å²) in [6, 6.07) is 4.13. The zero-order chi connectivity index (χ0) is 20.5. The van der Waals surface area contributed by atoms with Crippen LogP contribution in [0.25, 0.3) is 0 Å². The van der Waals surface area contributed by atoms with Gasteiger partial charge in [-0.25, -0.2) is 9.18 Å². The molecule has 0 saturated carbocycles. The zero-order valence-corrected chi connectivity index (χ0v) is 15.3. The molecule has 12 heteroatoms. The highest BCUT2D eigenvalue weighted by molar-refractivity contribution is 7.85.